The van der Waals surface area contributed by atoms with Gasteiger partial charge < -0.3 is 9.80 Å². The van der Waals surface area contributed by atoms with E-state index in [1.54, 1.807) is 0 Å². The molecule has 0 bridgehead atoms. The van der Waals surface area contributed by atoms with Crippen molar-refractivity contribution < 1.29 is 0 Å². The van der Waals surface area contributed by atoms with Gasteiger partial charge in [0.2, 0.25) is 0 Å². The second-order valence-corrected chi connectivity index (χ2v) is 15.7. The van der Waals surface area contributed by atoms with Gasteiger partial charge in [-0.05, 0) is 137 Å². The molecule has 0 unspecified atom stereocenters. The summed E-state index contributed by atoms with van der Waals surface area (Å²) in [6, 6.07) is 84.6. The summed E-state index contributed by atoms with van der Waals surface area (Å²) in [7, 11) is 0. The zero-order valence-corrected chi connectivity index (χ0v) is 35.1. The highest BCUT2D eigenvalue weighted by atomic mass is 15.1. The molecule has 0 atom stereocenters. The lowest BCUT2D eigenvalue weighted by Gasteiger charge is -2.26. The van der Waals surface area contributed by atoms with Gasteiger partial charge in [0, 0.05) is 34.1 Å². The molecule has 0 aliphatic carbocycles. The Morgan fingerprint density at radius 3 is 0.952 bits per heavy atom. The van der Waals surface area contributed by atoms with Crippen LogP contribution in [0.1, 0.15) is 38.9 Å². The van der Waals surface area contributed by atoms with Gasteiger partial charge in [-0.1, -0.05) is 187 Å². The second-order valence-electron chi connectivity index (χ2n) is 15.7. The predicted octanol–water partition coefficient (Wildman–Crippen LogP) is 16.7. The van der Waals surface area contributed by atoms with Crippen LogP contribution in [0.3, 0.4) is 0 Å². The van der Waals surface area contributed by atoms with Gasteiger partial charge in [-0.25, -0.2) is 0 Å². The van der Waals surface area contributed by atoms with Gasteiger partial charge >= 0.3 is 0 Å². The zero-order chi connectivity index (χ0) is 42.1. The first-order valence-corrected chi connectivity index (χ1v) is 21.2. The molecule has 298 valence electrons. The van der Waals surface area contributed by atoms with Crippen molar-refractivity contribution in [2.45, 2.75) is 13.8 Å². The monoisotopic (exact) mass is 796 g/mol. The molecule has 0 fully saturated rings. The minimum Gasteiger partial charge on any atom is -0.311 e. The van der Waals surface area contributed by atoms with E-state index in [2.05, 4.69) is 272 Å². The lowest BCUT2D eigenvalue weighted by atomic mass is 9.95. The highest BCUT2D eigenvalue weighted by Crippen LogP contribution is 2.39. The van der Waals surface area contributed by atoms with Crippen LogP contribution in [0.4, 0.5) is 34.1 Å². The van der Waals surface area contributed by atoms with E-state index in [1.807, 2.05) is 6.07 Å². The number of hydrogen-bond acceptors (Lipinski definition) is 2. The Balaban J connectivity index is 0.989. The SMILES string of the molecule is Cc1ccc(N(c2ccc(C=C(c3ccccc3)c3ccccc3)cc2)c2ccc(-c3ccc(N(c4ccc(C)cc4)c4ccc(/C=C\c5ccccc5)cc4)cc3)cc2)cc1. The van der Waals surface area contributed by atoms with Crippen molar-refractivity contribution >= 4 is 57.9 Å². The second kappa shape index (κ2) is 18.5. The third kappa shape index (κ3) is 9.26. The summed E-state index contributed by atoms with van der Waals surface area (Å²) in [5.74, 6) is 0. The fourth-order valence-electron chi connectivity index (χ4n) is 7.83. The number of benzene rings is 9. The molecule has 9 aromatic rings. The van der Waals surface area contributed by atoms with Crippen molar-refractivity contribution in [3.8, 4) is 11.1 Å². The van der Waals surface area contributed by atoms with E-state index in [-0.39, 0.29) is 0 Å². The minimum atomic E-state index is 1.10. The van der Waals surface area contributed by atoms with E-state index in [1.165, 1.54) is 33.4 Å². The van der Waals surface area contributed by atoms with Crippen LogP contribution in [-0.4, -0.2) is 0 Å². The Morgan fingerprint density at radius 1 is 0.290 bits per heavy atom. The molecule has 0 aromatic heterocycles. The smallest absolute Gasteiger partial charge is 0.0462 e. The van der Waals surface area contributed by atoms with Crippen molar-refractivity contribution in [3.63, 3.8) is 0 Å². The van der Waals surface area contributed by atoms with Crippen LogP contribution in [-0.2, 0) is 0 Å². The number of rotatable bonds is 12. The summed E-state index contributed by atoms with van der Waals surface area (Å²) in [4.78, 5) is 4.65. The van der Waals surface area contributed by atoms with Gasteiger partial charge in [0.25, 0.3) is 0 Å². The molecular weight excluding hydrogens is 749 g/mol. The largest absolute Gasteiger partial charge is 0.311 e. The van der Waals surface area contributed by atoms with Crippen LogP contribution in [0.25, 0.3) is 34.9 Å². The van der Waals surface area contributed by atoms with Crippen LogP contribution in [0.15, 0.2) is 237 Å². The Labute approximate surface area is 366 Å². The normalized spacial score (nSPS) is 11.0. The van der Waals surface area contributed by atoms with E-state index in [4.69, 9.17) is 0 Å². The maximum absolute atomic E-state index is 2.33. The standard InChI is InChI=1S/C60H48N2/c1-45-18-32-54(33-19-45)61(56-36-24-48(25-37-56)23-22-47-12-6-3-7-13-47)58-40-28-50(29-41-58)51-30-42-59(43-31-51)62(55-34-20-46(2)21-35-55)57-38-26-49(27-39-57)44-60(52-14-8-4-9-15-52)53-16-10-5-11-17-53/h3-44H,1-2H3/b23-22-. The van der Waals surface area contributed by atoms with E-state index in [9.17, 15) is 0 Å². The summed E-state index contributed by atoms with van der Waals surface area (Å²) in [6.07, 6.45) is 6.60. The average Bonchev–Trinajstić information content (AvgIpc) is 3.34. The zero-order valence-electron chi connectivity index (χ0n) is 35.1. The lowest BCUT2D eigenvalue weighted by Crippen LogP contribution is -2.10. The van der Waals surface area contributed by atoms with Crippen LogP contribution >= 0.6 is 0 Å². The Bertz CT molecular complexity index is 2840. The lowest BCUT2D eigenvalue weighted by molar-refractivity contribution is 1.27. The summed E-state index contributed by atoms with van der Waals surface area (Å²) in [5.41, 5.74) is 18.5. The third-order valence-corrected chi connectivity index (χ3v) is 11.2. The molecule has 0 amide bonds. The molecule has 0 N–H and O–H groups in total. The maximum atomic E-state index is 2.33. The van der Waals surface area contributed by atoms with Crippen molar-refractivity contribution in [1.29, 1.82) is 0 Å². The highest BCUT2D eigenvalue weighted by Gasteiger charge is 2.15. The van der Waals surface area contributed by atoms with E-state index in [0.717, 1.165) is 56.4 Å². The number of anilines is 6. The van der Waals surface area contributed by atoms with Crippen LogP contribution in [0.2, 0.25) is 0 Å². The van der Waals surface area contributed by atoms with Crippen LogP contribution in [0, 0.1) is 13.8 Å². The molecule has 0 radical (unpaired) electrons. The molecule has 0 aliphatic rings. The Hall–Kier alpha value is -7.94. The van der Waals surface area contributed by atoms with Crippen molar-refractivity contribution in [2.24, 2.45) is 0 Å². The van der Waals surface area contributed by atoms with Crippen molar-refractivity contribution in [3.05, 3.63) is 276 Å². The van der Waals surface area contributed by atoms with E-state index >= 15 is 0 Å². The summed E-state index contributed by atoms with van der Waals surface area (Å²) in [6.45, 7) is 4.26. The number of nitrogens with zero attached hydrogens (tertiary/aromatic N) is 2. The first-order valence-electron chi connectivity index (χ1n) is 21.2. The molecule has 0 saturated heterocycles. The summed E-state index contributed by atoms with van der Waals surface area (Å²) in [5, 5.41) is 0. The quantitative estimate of drug-likeness (QED) is 0.114. The van der Waals surface area contributed by atoms with Gasteiger partial charge in [0.15, 0.2) is 0 Å². The molecule has 62 heavy (non-hydrogen) atoms. The minimum absolute atomic E-state index is 1.10. The van der Waals surface area contributed by atoms with Crippen LogP contribution < -0.4 is 9.80 Å². The molecular formula is C60H48N2. The Morgan fingerprint density at radius 2 is 0.581 bits per heavy atom. The fraction of sp³-hybridized carbons (Fsp3) is 0.0333. The van der Waals surface area contributed by atoms with Gasteiger partial charge in [-0.2, -0.15) is 0 Å². The predicted molar refractivity (Wildman–Crippen MR) is 266 cm³/mol. The molecule has 9 rings (SSSR count). The Kier molecular flexibility index (Phi) is 11.8. The average molecular weight is 797 g/mol. The van der Waals surface area contributed by atoms with Gasteiger partial charge in [0.05, 0.1) is 0 Å². The summed E-state index contributed by atoms with van der Waals surface area (Å²) < 4.78 is 0. The number of aryl methyl sites for hydroxylation is 2. The van der Waals surface area contributed by atoms with E-state index in [0.29, 0.717) is 0 Å². The van der Waals surface area contributed by atoms with E-state index < -0.39 is 0 Å². The molecule has 0 heterocycles. The molecule has 2 nitrogen and oxygen atoms in total. The summed E-state index contributed by atoms with van der Waals surface area (Å²) >= 11 is 0. The van der Waals surface area contributed by atoms with Gasteiger partial charge in [0.1, 0.15) is 0 Å². The van der Waals surface area contributed by atoms with Crippen molar-refractivity contribution in [2.75, 3.05) is 9.80 Å². The van der Waals surface area contributed by atoms with Gasteiger partial charge in [-0.3, -0.25) is 0 Å². The molecule has 2 heteroatoms. The first kappa shape index (κ1) is 39.5. The first-order chi connectivity index (χ1) is 30.5. The van der Waals surface area contributed by atoms with Gasteiger partial charge in [-0.15, -0.1) is 0 Å². The van der Waals surface area contributed by atoms with Crippen molar-refractivity contribution in [1.82, 2.24) is 0 Å². The maximum Gasteiger partial charge on any atom is 0.0462 e. The number of hydrogen-bond donors (Lipinski definition) is 0. The fourth-order valence-corrected chi connectivity index (χ4v) is 7.83. The molecule has 0 spiro atoms. The molecule has 0 aliphatic heterocycles. The topological polar surface area (TPSA) is 6.48 Å². The highest BCUT2D eigenvalue weighted by molar-refractivity contribution is 5.92. The molecule has 9 aromatic carbocycles. The molecule has 0 saturated carbocycles. The third-order valence-electron chi connectivity index (χ3n) is 11.2. The van der Waals surface area contributed by atoms with Crippen LogP contribution in [0.5, 0.6) is 0 Å².